The quantitative estimate of drug-likeness (QED) is 0.671. The SMILES string of the molecule is COc1ccc(C/C(C)=N\NC(=O)[C@@H]2COc3ccccc3O2)cc1. The number of carbonyl (C=O) groups is 1. The zero-order chi connectivity index (χ0) is 17.6. The lowest BCUT2D eigenvalue weighted by Crippen LogP contribution is -2.42. The van der Waals surface area contributed by atoms with Gasteiger partial charge in [0.2, 0.25) is 6.10 Å². The molecule has 0 unspecified atom stereocenters. The van der Waals surface area contributed by atoms with Gasteiger partial charge in [-0.2, -0.15) is 5.10 Å². The van der Waals surface area contributed by atoms with Gasteiger partial charge in [-0.05, 0) is 36.8 Å². The molecular weight excluding hydrogens is 320 g/mol. The van der Waals surface area contributed by atoms with Gasteiger partial charge >= 0.3 is 0 Å². The van der Waals surface area contributed by atoms with E-state index < -0.39 is 6.10 Å². The average Bonchev–Trinajstić information content (AvgIpc) is 2.66. The first-order valence-electron chi connectivity index (χ1n) is 8.00. The van der Waals surface area contributed by atoms with Gasteiger partial charge in [-0.25, -0.2) is 5.43 Å². The molecule has 3 rings (SSSR count). The van der Waals surface area contributed by atoms with E-state index >= 15 is 0 Å². The monoisotopic (exact) mass is 340 g/mol. The molecule has 0 saturated heterocycles. The van der Waals surface area contributed by atoms with Crippen LogP contribution in [0.1, 0.15) is 12.5 Å². The molecule has 1 atom stereocenters. The third kappa shape index (κ3) is 4.29. The maximum Gasteiger partial charge on any atom is 0.284 e. The molecule has 130 valence electrons. The van der Waals surface area contributed by atoms with Crippen molar-refractivity contribution in [2.75, 3.05) is 13.7 Å². The van der Waals surface area contributed by atoms with Crippen LogP contribution in [0, 0.1) is 0 Å². The molecule has 2 aromatic carbocycles. The molecule has 1 heterocycles. The fraction of sp³-hybridized carbons (Fsp3) is 0.263. The van der Waals surface area contributed by atoms with Gasteiger partial charge in [0.15, 0.2) is 11.5 Å². The van der Waals surface area contributed by atoms with Crippen molar-refractivity contribution in [1.82, 2.24) is 5.43 Å². The summed E-state index contributed by atoms with van der Waals surface area (Å²) in [6, 6.07) is 15.0. The second kappa shape index (κ2) is 7.70. The fourth-order valence-electron chi connectivity index (χ4n) is 2.45. The van der Waals surface area contributed by atoms with Crippen LogP contribution < -0.4 is 19.6 Å². The molecule has 0 aromatic heterocycles. The number of nitrogens with one attached hydrogen (secondary N) is 1. The van der Waals surface area contributed by atoms with Crippen LogP contribution in [-0.2, 0) is 11.2 Å². The van der Waals surface area contributed by atoms with Crippen LogP contribution in [0.5, 0.6) is 17.2 Å². The van der Waals surface area contributed by atoms with Crippen LogP contribution in [-0.4, -0.2) is 31.4 Å². The molecule has 0 fully saturated rings. The van der Waals surface area contributed by atoms with Gasteiger partial charge in [0.1, 0.15) is 12.4 Å². The lowest BCUT2D eigenvalue weighted by molar-refractivity contribution is -0.130. The van der Waals surface area contributed by atoms with Crippen molar-refractivity contribution in [3.8, 4) is 17.2 Å². The van der Waals surface area contributed by atoms with E-state index in [0.29, 0.717) is 17.9 Å². The Hall–Kier alpha value is -3.02. The van der Waals surface area contributed by atoms with E-state index in [4.69, 9.17) is 14.2 Å². The van der Waals surface area contributed by atoms with Crippen molar-refractivity contribution < 1.29 is 19.0 Å². The topological polar surface area (TPSA) is 69.2 Å². The summed E-state index contributed by atoms with van der Waals surface area (Å²) in [5, 5.41) is 4.14. The number of methoxy groups -OCH3 is 1. The molecule has 0 saturated carbocycles. The molecule has 0 aliphatic carbocycles. The number of fused-ring (bicyclic) bond motifs is 1. The number of amides is 1. The van der Waals surface area contributed by atoms with Crippen molar-refractivity contribution >= 4 is 11.6 Å². The predicted molar refractivity (Wildman–Crippen MR) is 94.3 cm³/mol. The summed E-state index contributed by atoms with van der Waals surface area (Å²) in [6.07, 6.45) is -0.0813. The van der Waals surface area contributed by atoms with Gasteiger partial charge in [-0.15, -0.1) is 0 Å². The number of para-hydroxylation sites is 2. The summed E-state index contributed by atoms with van der Waals surface area (Å²) in [4.78, 5) is 12.2. The zero-order valence-corrected chi connectivity index (χ0v) is 14.2. The highest BCUT2D eigenvalue weighted by atomic mass is 16.6. The molecular formula is C19H20N2O4. The zero-order valence-electron chi connectivity index (χ0n) is 14.2. The van der Waals surface area contributed by atoms with Gasteiger partial charge in [0.25, 0.3) is 5.91 Å². The molecule has 0 spiro atoms. The second-order valence-electron chi connectivity index (χ2n) is 5.71. The van der Waals surface area contributed by atoms with E-state index in [1.807, 2.05) is 43.3 Å². The molecule has 0 radical (unpaired) electrons. The Bertz CT molecular complexity index is 771. The Labute approximate surface area is 146 Å². The Morgan fingerprint density at radius 2 is 1.92 bits per heavy atom. The number of hydrogen-bond acceptors (Lipinski definition) is 5. The van der Waals surface area contributed by atoms with Crippen molar-refractivity contribution in [3.05, 3.63) is 54.1 Å². The van der Waals surface area contributed by atoms with Gasteiger partial charge in [-0.1, -0.05) is 24.3 Å². The summed E-state index contributed by atoms with van der Waals surface area (Å²) in [7, 11) is 1.63. The predicted octanol–water partition coefficient (Wildman–Crippen LogP) is 2.57. The molecule has 2 aromatic rings. The summed E-state index contributed by atoms with van der Waals surface area (Å²) < 4.78 is 16.3. The minimum absolute atomic E-state index is 0.163. The van der Waals surface area contributed by atoms with E-state index in [0.717, 1.165) is 17.0 Å². The number of hydrogen-bond donors (Lipinski definition) is 1. The maximum atomic E-state index is 12.2. The number of hydrazone groups is 1. The van der Waals surface area contributed by atoms with Gasteiger partial charge in [-0.3, -0.25) is 4.79 Å². The summed E-state index contributed by atoms with van der Waals surface area (Å²) >= 11 is 0. The van der Waals surface area contributed by atoms with Gasteiger partial charge in [0, 0.05) is 12.1 Å². The number of carbonyl (C=O) groups excluding carboxylic acids is 1. The number of benzene rings is 2. The first-order chi connectivity index (χ1) is 12.2. The van der Waals surface area contributed by atoms with Crippen LogP contribution in [0.15, 0.2) is 53.6 Å². The van der Waals surface area contributed by atoms with E-state index in [-0.39, 0.29) is 12.5 Å². The summed E-state index contributed by atoms with van der Waals surface area (Å²) in [6.45, 7) is 2.02. The van der Waals surface area contributed by atoms with E-state index in [9.17, 15) is 4.79 Å². The number of ether oxygens (including phenoxy) is 3. The lowest BCUT2D eigenvalue weighted by atomic mass is 10.1. The first-order valence-corrected chi connectivity index (χ1v) is 8.00. The molecule has 1 N–H and O–H groups in total. The minimum atomic E-state index is -0.715. The number of nitrogens with zero attached hydrogens (tertiary/aromatic N) is 1. The van der Waals surface area contributed by atoms with Crippen molar-refractivity contribution in [1.29, 1.82) is 0 Å². The Morgan fingerprint density at radius 3 is 2.64 bits per heavy atom. The van der Waals surface area contributed by atoms with Crippen LogP contribution in [0.2, 0.25) is 0 Å². The van der Waals surface area contributed by atoms with E-state index in [1.54, 1.807) is 19.2 Å². The van der Waals surface area contributed by atoms with Gasteiger partial charge < -0.3 is 14.2 Å². The Kier molecular flexibility index (Phi) is 5.18. The van der Waals surface area contributed by atoms with Crippen molar-refractivity contribution in [3.63, 3.8) is 0 Å². The second-order valence-corrected chi connectivity index (χ2v) is 5.71. The van der Waals surface area contributed by atoms with Gasteiger partial charge in [0.05, 0.1) is 7.11 Å². The van der Waals surface area contributed by atoms with Crippen LogP contribution in [0.3, 0.4) is 0 Å². The highest BCUT2D eigenvalue weighted by Gasteiger charge is 2.27. The normalized spacial score (nSPS) is 16.2. The number of rotatable bonds is 5. The van der Waals surface area contributed by atoms with Crippen molar-refractivity contribution in [2.45, 2.75) is 19.4 Å². The highest BCUT2D eigenvalue weighted by Crippen LogP contribution is 2.30. The van der Waals surface area contributed by atoms with Crippen LogP contribution in [0.25, 0.3) is 0 Å². The first kappa shape index (κ1) is 16.8. The summed E-state index contributed by atoms with van der Waals surface area (Å²) in [5.74, 6) is 1.68. The maximum absolute atomic E-state index is 12.2. The Balaban J connectivity index is 1.55. The molecule has 6 nitrogen and oxygen atoms in total. The van der Waals surface area contributed by atoms with Crippen LogP contribution in [0.4, 0.5) is 0 Å². The summed E-state index contributed by atoms with van der Waals surface area (Å²) in [5.41, 5.74) is 4.42. The molecule has 25 heavy (non-hydrogen) atoms. The van der Waals surface area contributed by atoms with Crippen LogP contribution >= 0.6 is 0 Å². The standard InChI is InChI=1S/C19H20N2O4/c1-13(11-14-7-9-15(23-2)10-8-14)20-21-19(22)18-12-24-16-5-3-4-6-17(16)25-18/h3-10,18H,11-12H2,1-2H3,(H,21,22)/b20-13-/t18-/m0/s1. The molecule has 1 aliphatic rings. The smallest absolute Gasteiger partial charge is 0.284 e. The third-order valence-electron chi connectivity index (χ3n) is 3.78. The van der Waals surface area contributed by atoms with E-state index in [2.05, 4.69) is 10.5 Å². The largest absolute Gasteiger partial charge is 0.497 e. The third-order valence-corrected chi connectivity index (χ3v) is 3.78. The molecule has 1 aliphatic heterocycles. The molecule has 6 heteroatoms. The Morgan fingerprint density at radius 1 is 1.20 bits per heavy atom. The molecule has 1 amide bonds. The average molecular weight is 340 g/mol. The lowest BCUT2D eigenvalue weighted by Gasteiger charge is -2.24. The van der Waals surface area contributed by atoms with Crippen molar-refractivity contribution in [2.24, 2.45) is 5.10 Å². The highest BCUT2D eigenvalue weighted by molar-refractivity contribution is 5.87. The fourth-order valence-corrected chi connectivity index (χ4v) is 2.45. The molecule has 0 bridgehead atoms. The van der Waals surface area contributed by atoms with E-state index in [1.165, 1.54) is 0 Å². The minimum Gasteiger partial charge on any atom is -0.497 e.